The van der Waals surface area contributed by atoms with Crippen LogP contribution in [0.5, 0.6) is 0 Å². The number of aryl methyl sites for hydroxylation is 1. The summed E-state index contributed by atoms with van der Waals surface area (Å²) in [4.78, 5) is 24.6. The van der Waals surface area contributed by atoms with Gasteiger partial charge in [0.2, 0.25) is 0 Å². The van der Waals surface area contributed by atoms with Gasteiger partial charge in [0, 0.05) is 18.6 Å². The minimum atomic E-state index is -0.925. The molecule has 1 unspecified atom stereocenters. The number of carbonyl (C=O) groups is 2. The molecule has 122 valence electrons. The highest BCUT2D eigenvalue weighted by Crippen LogP contribution is 2.29. The first-order chi connectivity index (χ1) is 10.3. The fourth-order valence-corrected chi connectivity index (χ4v) is 2.53. The third-order valence-electron chi connectivity index (χ3n) is 3.62. The fraction of sp³-hybridized carbons (Fsp3) is 0.500. The van der Waals surface area contributed by atoms with Crippen molar-refractivity contribution >= 4 is 29.3 Å². The maximum Gasteiger partial charge on any atom is 0.321 e. The first kappa shape index (κ1) is 18.3. The number of hydrogen-bond acceptors (Lipinski definition) is 2. The molecule has 1 aromatic carbocycles. The SMILES string of the molecule is CCc1ccc(Cl)c(CC)c1NC(=O)N(C)CC(C)C(=O)O. The largest absolute Gasteiger partial charge is 0.481 e. The molecule has 1 aromatic rings. The molecule has 2 N–H and O–H groups in total. The molecule has 22 heavy (non-hydrogen) atoms. The second kappa shape index (κ2) is 8.03. The van der Waals surface area contributed by atoms with Crippen molar-refractivity contribution in [1.29, 1.82) is 0 Å². The number of carboxylic acids is 1. The molecule has 0 bridgehead atoms. The number of benzene rings is 1. The summed E-state index contributed by atoms with van der Waals surface area (Å²) in [5.41, 5.74) is 2.64. The van der Waals surface area contributed by atoms with Gasteiger partial charge in [-0.05, 0) is 30.0 Å². The number of carboxylic acid groups (broad SMARTS) is 1. The lowest BCUT2D eigenvalue weighted by molar-refractivity contribution is -0.141. The number of anilines is 1. The van der Waals surface area contributed by atoms with Crippen molar-refractivity contribution in [3.8, 4) is 0 Å². The van der Waals surface area contributed by atoms with Crippen LogP contribution in [0.2, 0.25) is 5.02 Å². The third-order valence-corrected chi connectivity index (χ3v) is 3.98. The molecule has 0 aliphatic heterocycles. The Balaban J connectivity index is 2.96. The van der Waals surface area contributed by atoms with Crippen LogP contribution in [0.4, 0.5) is 10.5 Å². The number of hydrogen-bond donors (Lipinski definition) is 2. The minimum Gasteiger partial charge on any atom is -0.481 e. The highest BCUT2D eigenvalue weighted by atomic mass is 35.5. The fourth-order valence-electron chi connectivity index (χ4n) is 2.24. The lowest BCUT2D eigenvalue weighted by atomic mass is 10.0. The van der Waals surface area contributed by atoms with E-state index >= 15 is 0 Å². The molecule has 0 spiro atoms. The summed E-state index contributed by atoms with van der Waals surface area (Å²) < 4.78 is 0. The van der Waals surface area contributed by atoms with Crippen LogP contribution >= 0.6 is 11.6 Å². The van der Waals surface area contributed by atoms with Crippen molar-refractivity contribution < 1.29 is 14.7 Å². The standard InChI is InChI=1S/C16H23ClN2O3/c1-5-11-7-8-13(17)12(6-2)14(11)18-16(22)19(4)9-10(3)15(20)21/h7-8,10H,5-6,9H2,1-4H3,(H,18,22)(H,20,21). The zero-order valence-corrected chi connectivity index (χ0v) is 14.2. The summed E-state index contributed by atoms with van der Waals surface area (Å²) in [6.07, 6.45) is 1.48. The summed E-state index contributed by atoms with van der Waals surface area (Å²) in [7, 11) is 1.58. The molecule has 0 heterocycles. The van der Waals surface area contributed by atoms with Crippen LogP contribution < -0.4 is 5.32 Å². The Morgan fingerprint density at radius 3 is 2.45 bits per heavy atom. The van der Waals surface area contributed by atoms with Crippen LogP contribution in [0, 0.1) is 5.92 Å². The highest BCUT2D eigenvalue weighted by molar-refractivity contribution is 6.31. The molecular weight excluding hydrogens is 304 g/mol. The highest BCUT2D eigenvalue weighted by Gasteiger charge is 2.19. The summed E-state index contributed by atoms with van der Waals surface area (Å²) >= 11 is 6.20. The number of urea groups is 1. The van der Waals surface area contributed by atoms with Crippen LogP contribution in [0.3, 0.4) is 0 Å². The minimum absolute atomic E-state index is 0.144. The predicted molar refractivity (Wildman–Crippen MR) is 88.7 cm³/mol. The third kappa shape index (κ3) is 4.37. The quantitative estimate of drug-likeness (QED) is 0.838. The van der Waals surface area contributed by atoms with Gasteiger partial charge in [-0.1, -0.05) is 38.4 Å². The van der Waals surface area contributed by atoms with Gasteiger partial charge in [-0.25, -0.2) is 4.79 Å². The predicted octanol–water partition coefficient (Wildman–Crippen LogP) is 3.65. The van der Waals surface area contributed by atoms with E-state index in [0.717, 1.165) is 23.2 Å². The maximum absolute atomic E-state index is 12.3. The molecule has 0 aliphatic rings. The van der Waals surface area contributed by atoms with Crippen molar-refractivity contribution in [1.82, 2.24) is 4.90 Å². The van der Waals surface area contributed by atoms with E-state index in [1.165, 1.54) is 4.90 Å². The number of nitrogens with zero attached hydrogens (tertiary/aromatic N) is 1. The number of amides is 2. The van der Waals surface area contributed by atoms with Crippen molar-refractivity contribution in [2.45, 2.75) is 33.6 Å². The first-order valence-corrected chi connectivity index (χ1v) is 7.74. The normalized spacial score (nSPS) is 11.9. The molecule has 0 aliphatic carbocycles. The number of rotatable bonds is 6. The van der Waals surface area contributed by atoms with Crippen LogP contribution in [0.1, 0.15) is 31.9 Å². The molecule has 5 nitrogen and oxygen atoms in total. The maximum atomic E-state index is 12.3. The lowest BCUT2D eigenvalue weighted by Gasteiger charge is -2.22. The average Bonchev–Trinajstić information content (AvgIpc) is 2.47. The van der Waals surface area contributed by atoms with Gasteiger partial charge < -0.3 is 15.3 Å². The molecule has 0 aromatic heterocycles. The van der Waals surface area contributed by atoms with Gasteiger partial charge in [0.15, 0.2) is 0 Å². The Labute approximate surface area is 136 Å². The van der Waals surface area contributed by atoms with Crippen LogP contribution in [0.25, 0.3) is 0 Å². The molecular formula is C16H23ClN2O3. The average molecular weight is 327 g/mol. The molecule has 0 fully saturated rings. The van der Waals surface area contributed by atoms with E-state index in [0.29, 0.717) is 11.4 Å². The molecule has 6 heteroatoms. The second-order valence-electron chi connectivity index (χ2n) is 5.32. The van der Waals surface area contributed by atoms with E-state index in [2.05, 4.69) is 5.32 Å². The molecule has 1 atom stereocenters. The molecule has 0 saturated carbocycles. The monoisotopic (exact) mass is 326 g/mol. The second-order valence-corrected chi connectivity index (χ2v) is 5.72. The summed E-state index contributed by atoms with van der Waals surface area (Å²) in [5, 5.41) is 12.4. The number of aliphatic carboxylic acids is 1. The van der Waals surface area contributed by atoms with E-state index in [-0.39, 0.29) is 12.6 Å². The summed E-state index contributed by atoms with van der Waals surface area (Å²) in [6.45, 7) is 5.70. The Hall–Kier alpha value is -1.75. The lowest BCUT2D eigenvalue weighted by Crippen LogP contribution is -2.37. The zero-order chi connectivity index (χ0) is 16.9. The van der Waals surface area contributed by atoms with E-state index in [1.807, 2.05) is 26.0 Å². The van der Waals surface area contributed by atoms with Gasteiger partial charge >= 0.3 is 12.0 Å². The Bertz CT molecular complexity index is 561. The number of carbonyl (C=O) groups excluding carboxylic acids is 1. The molecule has 0 saturated heterocycles. The van der Waals surface area contributed by atoms with Crippen molar-refractivity contribution in [2.24, 2.45) is 5.92 Å². The smallest absolute Gasteiger partial charge is 0.321 e. The van der Waals surface area contributed by atoms with Crippen LogP contribution in [-0.4, -0.2) is 35.6 Å². The van der Waals surface area contributed by atoms with E-state index in [9.17, 15) is 9.59 Å². The van der Waals surface area contributed by atoms with Crippen molar-refractivity contribution in [3.63, 3.8) is 0 Å². The van der Waals surface area contributed by atoms with Gasteiger partial charge in [0.1, 0.15) is 0 Å². The summed E-state index contributed by atoms with van der Waals surface area (Å²) in [5.74, 6) is -1.54. The van der Waals surface area contributed by atoms with Gasteiger partial charge in [0.25, 0.3) is 0 Å². The van der Waals surface area contributed by atoms with E-state index < -0.39 is 11.9 Å². The Kier molecular flexibility index (Phi) is 6.68. The van der Waals surface area contributed by atoms with Crippen molar-refractivity contribution in [2.75, 3.05) is 18.9 Å². The van der Waals surface area contributed by atoms with Gasteiger partial charge in [-0.15, -0.1) is 0 Å². The number of halogens is 1. The Morgan fingerprint density at radius 2 is 1.95 bits per heavy atom. The van der Waals surface area contributed by atoms with Gasteiger partial charge in [0.05, 0.1) is 11.6 Å². The topological polar surface area (TPSA) is 69.6 Å². The molecule has 2 amide bonds. The molecule has 1 rings (SSSR count). The van der Waals surface area contributed by atoms with Crippen LogP contribution in [-0.2, 0) is 17.6 Å². The molecule has 0 radical (unpaired) electrons. The van der Waals surface area contributed by atoms with Crippen molar-refractivity contribution in [3.05, 3.63) is 28.3 Å². The first-order valence-electron chi connectivity index (χ1n) is 7.36. The van der Waals surface area contributed by atoms with Crippen LogP contribution in [0.15, 0.2) is 12.1 Å². The zero-order valence-electron chi connectivity index (χ0n) is 13.4. The number of nitrogens with one attached hydrogen (secondary N) is 1. The van der Waals surface area contributed by atoms with Gasteiger partial charge in [-0.2, -0.15) is 0 Å². The summed E-state index contributed by atoms with van der Waals surface area (Å²) in [6, 6.07) is 3.40. The Morgan fingerprint density at radius 1 is 1.32 bits per heavy atom. The van der Waals surface area contributed by atoms with E-state index in [4.69, 9.17) is 16.7 Å². The van der Waals surface area contributed by atoms with E-state index in [1.54, 1.807) is 14.0 Å². The van der Waals surface area contributed by atoms with Gasteiger partial charge in [-0.3, -0.25) is 4.79 Å².